The highest BCUT2D eigenvalue weighted by Gasteiger charge is 2.21. The van der Waals surface area contributed by atoms with Gasteiger partial charge in [0.05, 0.1) is 0 Å². The highest BCUT2D eigenvalue weighted by molar-refractivity contribution is 5.94. The van der Waals surface area contributed by atoms with Crippen LogP contribution in [-0.2, 0) is 6.61 Å². The predicted molar refractivity (Wildman–Crippen MR) is 144 cm³/mol. The fraction of sp³-hybridized carbons (Fsp3) is 0.300. The maximum Gasteiger partial charge on any atom is 0.130 e. The summed E-state index contributed by atoms with van der Waals surface area (Å²) in [6.07, 6.45) is 1.26. The summed E-state index contributed by atoms with van der Waals surface area (Å²) in [7, 11) is 0. The summed E-state index contributed by atoms with van der Waals surface area (Å²) in [5.74, 6) is 2.65. The van der Waals surface area contributed by atoms with Crippen LogP contribution >= 0.6 is 0 Å². The molecule has 1 aliphatic rings. The summed E-state index contributed by atoms with van der Waals surface area (Å²) in [5.41, 5.74) is 2.14. The lowest BCUT2D eigenvalue weighted by molar-refractivity contribution is 0.0667. The molecule has 5 rings (SSSR count). The molecule has 3 aromatic carbocycles. The molecule has 0 bridgehead atoms. The molecule has 0 aliphatic carbocycles. The minimum Gasteiger partial charge on any atom is -0.490 e. The number of aliphatic hydroxyl groups is 1. The molecule has 6 nitrogen and oxygen atoms in total. The van der Waals surface area contributed by atoms with Gasteiger partial charge in [0.25, 0.3) is 0 Å². The minimum absolute atomic E-state index is 0.244. The third-order valence-corrected chi connectivity index (χ3v) is 6.61. The Balaban J connectivity index is 1.19. The van der Waals surface area contributed by atoms with Crippen LogP contribution in [0.3, 0.4) is 0 Å². The fourth-order valence-corrected chi connectivity index (χ4v) is 4.73. The topological polar surface area (TPSA) is 58.1 Å². The summed E-state index contributed by atoms with van der Waals surface area (Å²) >= 11 is 0. The average molecular weight is 484 g/mol. The second-order valence-corrected chi connectivity index (χ2v) is 9.28. The molecule has 1 atom stereocenters. The van der Waals surface area contributed by atoms with Gasteiger partial charge in [-0.2, -0.15) is 0 Å². The Morgan fingerprint density at radius 1 is 0.861 bits per heavy atom. The van der Waals surface area contributed by atoms with Crippen molar-refractivity contribution in [3.63, 3.8) is 0 Å². The Kier molecular flexibility index (Phi) is 7.64. The van der Waals surface area contributed by atoms with Gasteiger partial charge in [0.1, 0.15) is 36.6 Å². The number of nitrogens with zero attached hydrogens (tertiary/aromatic N) is 3. The number of aliphatic hydroxyl groups excluding tert-OH is 1. The van der Waals surface area contributed by atoms with Gasteiger partial charge in [-0.3, -0.25) is 4.90 Å². The highest BCUT2D eigenvalue weighted by Crippen LogP contribution is 2.37. The fourth-order valence-electron chi connectivity index (χ4n) is 4.73. The van der Waals surface area contributed by atoms with E-state index >= 15 is 0 Å². The second-order valence-electron chi connectivity index (χ2n) is 9.28. The predicted octanol–water partition coefficient (Wildman–Crippen LogP) is 4.68. The molecular formula is C30H33N3O3. The summed E-state index contributed by atoms with van der Waals surface area (Å²) in [6.45, 7) is 6.97. The van der Waals surface area contributed by atoms with Crippen LogP contribution in [0.5, 0.6) is 11.5 Å². The quantitative estimate of drug-likeness (QED) is 0.373. The summed E-state index contributed by atoms with van der Waals surface area (Å²) in [4.78, 5) is 9.02. The number of hydrogen-bond donors (Lipinski definition) is 1. The number of aromatic nitrogens is 1. The van der Waals surface area contributed by atoms with Crippen LogP contribution in [0.25, 0.3) is 10.8 Å². The van der Waals surface area contributed by atoms with Crippen molar-refractivity contribution in [3.05, 3.63) is 96.2 Å². The van der Waals surface area contributed by atoms with Gasteiger partial charge in [-0.1, -0.05) is 60.7 Å². The zero-order chi connectivity index (χ0) is 24.7. The first-order chi connectivity index (χ1) is 17.7. The largest absolute Gasteiger partial charge is 0.490 e. The van der Waals surface area contributed by atoms with E-state index < -0.39 is 6.10 Å². The molecule has 6 heteroatoms. The lowest BCUT2D eigenvalue weighted by atomic mass is 10.0. The van der Waals surface area contributed by atoms with E-state index in [0.29, 0.717) is 13.2 Å². The number of fused-ring (bicyclic) bond motifs is 1. The van der Waals surface area contributed by atoms with Crippen molar-refractivity contribution in [2.45, 2.75) is 19.6 Å². The maximum atomic E-state index is 10.7. The molecule has 0 radical (unpaired) electrons. The molecule has 0 amide bonds. The van der Waals surface area contributed by atoms with Crippen molar-refractivity contribution >= 4 is 16.6 Å². The van der Waals surface area contributed by atoms with E-state index in [2.05, 4.69) is 33.0 Å². The van der Waals surface area contributed by atoms with Crippen molar-refractivity contribution in [2.75, 3.05) is 44.2 Å². The van der Waals surface area contributed by atoms with Crippen molar-refractivity contribution in [1.82, 2.24) is 9.88 Å². The third-order valence-electron chi connectivity index (χ3n) is 6.61. The van der Waals surface area contributed by atoms with Crippen LogP contribution in [0, 0.1) is 6.92 Å². The van der Waals surface area contributed by atoms with Gasteiger partial charge in [-0.25, -0.2) is 4.98 Å². The number of aryl methyl sites for hydroxylation is 1. The van der Waals surface area contributed by atoms with Crippen LogP contribution < -0.4 is 14.4 Å². The molecule has 1 aliphatic heterocycles. The number of hydrogen-bond acceptors (Lipinski definition) is 6. The van der Waals surface area contributed by atoms with Crippen LogP contribution in [0.2, 0.25) is 0 Å². The zero-order valence-electron chi connectivity index (χ0n) is 20.7. The van der Waals surface area contributed by atoms with E-state index in [1.807, 2.05) is 73.8 Å². The van der Waals surface area contributed by atoms with Gasteiger partial charge in [-0.05, 0) is 36.2 Å². The molecule has 1 N–H and O–H groups in total. The Bertz CT molecular complexity index is 1260. The smallest absolute Gasteiger partial charge is 0.130 e. The van der Waals surface area contributed by atoms with Gasteiger partial charge in [0, 0.05) is 49.7 Å². The molecule has 1 aromatic heterocycles. The first-order valence-electron chi connectivity index (χ1n) is 12.6. The van der Waals surface area contributed by atoms with E-state index in [-0.39, 0.29) is 6.61 Å². The summed E-state index contributed by atoms with van der Waals surface area (Å²) in [5, 5.41) is 12.7. The number of piperazine rings is 1. The molecule has 1 unspecified atom stereocenters. The molecule has 0 saturated carbocycles. The molecule has 0 spiro atoms. The highest BCUT2D eigenvalue weighted by atomic mass is 16.5. The normalized spacial score (nSPS) is 15.1. The van der Waals surface area contributed by atoms with Gasteiger partial charge in [-0.15, -0.1) is 0 Å². The standard InChI is InChI=1S/C30H33N3O3/c1-23-19-28(26-11-5-6-12-27(26)30(23)36-21-24-9-3-2-4-10-24)35-22-25(34)20-32-15-17-33(18-16-32)29-13-7-8-14-31-29/h2-14,19,25,34H,15-18,20-22H2,1H3. The monoisotopic (exact) mass is 483 g/mol. The lowest BCUT2D eigenvalue weighted by Crippen LogP contribution is -2.49. The average Bonchev–Trinajstić information content (AvgIpc) is 2.93. The molecule has 4 aromatic rings. The summed E-state index contributed by atoms with van der Waals surface area (Å²) < 4.78 is 12.4. The van der Waals surface area contributed by atoms with Crippen molar-refractivity contribution in [3.8, 4) is 11.5 Å². The summed E-state index contributed by atoms with van der Waals surface area (Å²) in [6, 6.07) is 26.3. The molecular weight excluding hydrogens is 450 g/mol. The van der Waals surface area contributed by atoms with E-state index in [4.69, 9.17) is 9.47 Å². The van der Waals surface area contributed by atoms with Crippen LogP contribution in [0.1, 0.15) is 11.1 Å². The Morgan fingerprint density at radius 2 is 1.58 bits per heavy atom. The number of pyridine rings is 1. The van der Waals surface area contributed by atoms with Crippen molar-refractivity contribution in [1.29, 1.82) is 0 Å². The Hall–Kier alpha value is -3.61. The van der Waals surface area contributed by atoms with Crippen molar-refractivity contribution < 1.29 is 14.6 Å². The van der Waals surface area contributed by atoms with Gasteiger partial charge >= 0.3 is 0 Å². The van der Waals surface area contributed by atoms with Crippen molar-refractivity contribution in [2.24, 2.45) is 0 Å². The molecule has 1 fully saturated rings. The van der Waals surface area contributed by atoms with E-state index in [9.17, 15) is 5.11 Å². The Labute approximate surface area is 212 Å². The Morgan fingerprint density at radius 3 is 2.33 bits per heavy atom. The van der Waals surface area contributed by atoms with Gasteiger partial charge in [0.2, 0.25) is 0 Å². The zero-order valence-corrected chi connectivity index (χ0v) is 20.7. The first-order valence-corrected chi connectivity index (χ1v) is 12.6. The number of benzene rings is 3. The number of rotatable bonds is 9. The number of anilines is 1. The van der Waals surface area contributed by atoms with E-state index in [1.54, 1.807) is 0 Å². The van der Waals surface area contributed by atoms with Crippen LogP contribution in [0.4, 0.5) is 5.82 Å². The molecule has 36 heavy (non-hydrogen) atoms. The molecule has 2 heterocycles. The van der Waals surface area contributed by atoms with Gasteiger partial charge < -0.3 is 19.5 Å². The minimum atomic E-state index is -0.570. The van der Waals surface area contributed by atoms with Crippen LogP contribution in [-0.4, -0.2) is 60.4 Å². The van der Waals surface area contributed by atoms with E-state index in [1.165, 1.54) is 0 Å². The lowest BCUT2D eigenvalue weighted by Gasteiger charge is -2.36. The SMILES string of the molecule is Cc1cc(OCC(O)CN2CCN(c3ccccn3)CC2)c2ccccc2c1OCc1ccccc1. The van der Waals surface area contributed by atoms with E-state index in [0.717, 1.165) is 65.4 Å². The van der Waals surface area contributed by atoms with Crippen LogP contribution in [0.15, 0.2) is 85.1 Å². The molecule has 186 valence electrons. The number of β-amino-alcohol motifs (C(OH)–C–C–N with tert-alkyl or cyclic N) is 1. The molecule has 1 saturated heterocycles. The number of ether oxygens (including phenoxy) is 2. The first kappa shape index (κ1) is 24.1. The van der Waals surface area contributed by atoms with Gasteiger partial charge in [0.15, 0.2) is 0 Å². The second kappa shape index (κ2) is 11.4. The maximum absolute atomic E-state index is 10.7. The third kappa shape index (κ3) is 5.78.